The van der Waals surface area contributed by atoms with E-state index in [-0.39, 0.29) is 24.0 Å². The zero-order valence-corrected chi connectivity index (χ0v) is 16.5. The molecular formula is C17H29IN4O. The summed E-state index contributed by atoms with van der Waals surface area (Å²) in [5, 5.41) is 3.20. The lowest BCUT2D eigenvalue weighted by atomic mass is 10.1. The van der Waals surface area contributed by atoms with Crippen LogP contribution in [-0.2, 0) is 11.2 Å². The Morgan fingerprint density at radius 2 is 2.22 bits per heavy atom. The van der Waals surface area contributed by atoms with Gasteiger partial charge in [0.15, 0.2) is 5.96 Å². The Labute approximate surface area is 156 Å². The summed E-state index contributed by atoms with van der Waals surface area (Å²) in [4.78, 5) is 6.74. The highest BCUT2D eigenvalue weighted by molar-refractivity contribution is 14.0. The Morgan fingerprint density at radius 1 is 1.43 bits per heavy atom. The van der Waals surface area contributed by atoms with Gasteiger partial charge in [-0.05, 0) is 38.3 Å². The predicted octanol–water partition coefficient (Wildman–Crippen LogP) is 2.39. The number of nitrogens with two attached hydrogens (primary N) is 1. The van der Waals surface area contributed by atoms with E-state index in [1.807, 2.05) is 6.92 Å². The molecule has 130 valence electrons. The first-order chi connectivity index (χ1) is 10.7. The van der Waals surface area contributed by atoms with E-state index in [1.165, 1.54) is 11.3 Å². The fraction of sp³-hybridized carbons (Fsp3) is 0.588. The molecule has 0 bridgehead atoms. The minimum atomic E-state index is 0. The Morgan fingerprint density at radius 3 is 3.00 bits per heavy atom. The molecule has 1 heterocycles. The first-order valence-corrected chi connectivity index (χ1v) is 8.18. The predicted molar refractivity (Wildman–Crippen MR) is 108 cm³/mol. The summed E-state index contributed by atoms with van der Waals surface area (Å²) in [6.45, 7) is 8.22. The third kappa shape index (κ3) is 6.18. The highest BCUT2D eigenvalue weighted by Gasteiger charge is 2.24. The van der Waals surface area contributed by atoms with Crippen LogP contribution in [0.5, 0.6) is 0 Å². The van der Waals surface area contributed by atoms with Gasteiger partial charge in [0.2, 0.25) is 0 Å². The molecule has 0 fully saturated rings. The Hall–Kier alpha value is -1.02. The first-order valence-electron chi connectivity index (χ1n) is 8.18. The number of para-hydroxylation sites is 1. The van der Waals surface area contributed by atoms with Crippen molar-refractivity contribution in [2.75, 3.05) is 37.7 Å². The van der Waals surface area contributed by atoms with Crippen LogP contribution in [0.2, 0.25) is 0 Å². The molecule has 1 aromatic rings. The molecule has 2 rings (SSSR count). The zero-order valence-electron chi connectivity index (χ0n) is 14.1. The molecule has 23 heavy (non-hydrogen) atoms. The summed E-state index contributed by atoms with van der Waals surface area (Å²) >= 11 is 0. The highest BCUT2D eigenvalue weighted by atomic mass is 127. The second kappa shape index (κ2) is 10.7. The van der Waals surface area contributed by atoms with Crippen LogP contribution in [0.3, 0.4) is 0 Å². The SMILES string of the molecule is CCOCCCN=C(N)NCCN1c2ccccc2CC1C.I. The number of halogens is 1. The van der Waals surface area contributed by atoms with Crippen LogP contribution < -0.4 is 16.0 Å². The van der Waals surface area contributed by atoms with Crippen molar-refractivity contribution < 1.29 is 4.74 Å². The van der Waals surface area contributed by atoms with Crippen molar-refractivity contribution in [3.63, 3.8) is 0 Å². The molecule has 5 nitrogen and oxygen atoms in total. The maximum Gasteiger partial charge on any atom is 0.188 e. The van der Waals surface area contributed by atoms with Crippen molar-refractivity contribution in [3.05, 3.63) is 29.8 Å². The van der Waals surface area contributed by atoms with Gasteiger partial charge in [0.05, 0.1) is 0 Å². The second-order valence-electron chi connectivity index (χ2n) is 5.62. The van der Waals surface area contributed by atoms with Crippen molar-refractivity contribution in [1.82, 2.24) is 5.32 Å². The number of hydrogen-bond donors (Lipinski definition) is 2. The fourth-order valence-electron chi connectivity index (χ4n) is 2.84. The van der Waals surface area contributed by atoms with Crippen LogP contribution in [-0.4, -0.2) is 44.8 Å². The summed E-state index contributed by atoms with van der Waals surface area (Å²) in [5.74, 6) is 0.525. The molecule has 1 aromatic carbocycles. The quantitative estimate of drug-likeness (QED) is 0.287. The van der Waals surface area contributed by atoms with E-state index in [0.29, 0.717) is 18.5 Å². The first kappa shape index (κ1) is 20.0. The summed E-state index contributed by atoms with van der Waals surface area (Å²) in [5.41, 5.74) is 8.67. The average Bonchev–Trinajstić information content (AvgIpc) is 2.83. The van der Waals surface area contributed by atoms with Gasteiger partial charge in [0.25, 0.3) is 0 Å². The van der Waals surface area contributed by atoms with Crippen LogP contribution >= 0.6 is 24.0 Å². The zero-order chi connectivity index (χ0) is 15.8. The number of anilines is 1. The number of fused-ring (bicyclic) bond motifs is 1. The molecule has 0 saturated heterocycles. The minimum Gasteiger partial charge on any atom is -0.382 e. The van der Waals surface area contributed by atoms with E-state index < -0.39 is 0 Å². The standard InChI is InChI=1S/C17H28N4O.HI/c1-3-22-12-6-9-19-17(18)20-10-11-21-14(2)13-15-7-4-5-8-16(15)21;/h4-5,7-8,14H,3,6,9-13H2,1-2H3,(H3,18,19,20);1H. The van der Waals surface area contributed by atoms with Gasteiger partial charge in [-0.1, -0.05) is 18.2 Å². The summed E-state index contributed by atoms with van der Waals surface area (Å²) in [7, 11) is 0. The summed E-state index contributed by atoms with van der Waals surface area (Å²) in [6, 6.07) is 9.17. The van der Waals surface area contributed by atoms with E-state index in [0.717, 1.165) is 39.1 Å². The molecular weight excluding hydrogens is 403 g/mol. The van der Waals surface area contributed by atoms with E-state index >= 15 is 0 Å². The molecule has 3 N–H and O–H groups in total. The lowest BCUT2D eigenvalue weighted by Crippen LogP contribution is -2.40. The van der Waals surface area contributed by atoms with Crippen LogP contribution in [0.25, 0.3) is 0 Å². The van der Waals surface area contributed by atoms with E-state index in [2.05, 4.69) is 46.4 Å². The number of nitrogens with one attached hydrogen (secondary N) is 1. The van der Waals surface area contributed by atoms with Crippen LogP contribution in [0, 0.1) is 0 Å². The normalized spacial score (nSPS) is 16.9. The molecule has 1 aliphatic heterocycles. The minimum absolute atomic E-state index is 0. The van der Waals surface area contributed by atoms with E-state index in [1.54, 1.807) is 0 Å². The molecule has 0 radical (unpaired) electrons. The Balaban J connectivity index is 0.00000264. The van der Waals surface area contributed by atoms with Gasteiger partial charge in [-0.3, -0.25) is 4.99 Å². The third-order valence-corrected chi connectivity index (χ3v) is 3.94. The van der Waals surface area contributed by atoms with Crippen molar-refractivity contribution in [2.45, 2.75) is 32.7 Å². The third-order valence-electron chi connectivity index (χ3n) is 3.94. The average molecular weight is 432 g/mol. The summed E-state index contributed by atoms with van der Waals surface area (Å²) < 4.78 is 5.27. The molecule has 0 aromatic heterocycles. The lowest BCUT2D eigenvalue weighted by molar-refractivity contribution is 0.146. The summed E-state index contributed by atoms with van der Waals surface area (Å²) in [6.07, 6.45) is 2.03. The highest BCUT2D eigenvalue weighted by Crippen LogP contribution is 2.30. The molecule has 0 saturated carbocycles. The van der Waals surface area contributed by atoms with Gasteiger partial charge >= 0.3 is 0 Å². The fourth-order valence-corrected chi connectivity index (χ4v) is 2.84. The topological polar surface area (TPSA) is 62.9 Å². The van der Waals surface area contributed by atoms with Crippen molar-refractivity contribution in [2.24, 2.45) is 10.7 Å². The number of guanidine groups is 1. The van der Waals surface area contributed by atoms with Gasteiger partial charge in [0.1, 0.15) is 0 Å². The second-order valence-corrected chi connectivity index (χ2v) is 5.62. The van der Waals surface area contributed by atoms with E-state index in [4.69, 9.17) is 10.5 Å². The van der Waals surface area contributed by atoms with Crippen molar-refractivity contribution >= 4 is 35.6 Å². The number of hydrogen-bond acceptors (Lipinski definition) is 3. The van der Waals surface area contributed by atoms with E-state index in [9.17, 15) is 0 Å². The Kier molecular flexibility index (Phi) is 9.31. The van der Waals surface area contributed by atoms with Gasteiger partial charge in [-0.15, -0.1) is 24.0 Å². The van der Waals surface area contributed by atoms with Crippen LogP contribution in [0.15, 0.2) is 29.3 Å². The molecule has 6 heteroatoms. The Bertz CT molecular complexity index is 495. The number of aliphatic imine (C=N–C) groups is 1. The molecule has 0 spiro atoms. The maximum absolute atomic E-state index is 5.88. The van der Waals surface area contributed by atoms with Gasteiger partial charge in [0, 0.05) is 44.6 Å². The van der Waals surface area contributed by atoms with Crippen molar-refractivity contribution in [3.8, 4) is 0 Å². The van der Waals surface area contributed by atoms with Crippen molar-refractivity contribution in [1.29, 1.82) is 0 Å². The van der Waals surface area contributed by atoms with Crippen LogP contribution in [0.1, 0.15) is 25.8 Å². The van der Waals surface area contributed by atoms with Gasteiger partial charge in [-0.2, -0.15) is 0 Å². The molecule has 0 aliphatic carbocycles. The van der Waals surface area contributed by atoms with Crippen LogP contribution in [0.4, 0.5) is 5.69 Å². The maximum atomic E-state index is 5.88. The number of ether oxygens (including phenoxy) is 1. The smallest absolute Gasteiger partial charge is 0.188 e. The molecule has 1 unspecified atom stereocenters. The monoisotopic (exact) mass is 432 g/mol. The molecule has 1 aliphatic rings. The van der Waals surface area contributed by atoms with Gasteiger partial charge in [-0.25, -0.2) is 0 Å². The lowest BCUT2D eigenvalue weighted by Gasteiger charge is -2.25. The molecule has 0 amide bonds. The number of rotatable bonds is 8. The number of benzene rings is 1. The number of nitrogens with zero attached hydrogens (tertiary/aromatic N) is 2. The van der Waals surface area contributed by atoms with Gasteiger partial charge < -0.3 is 20.7 Å². The largest absolute Gasteiger partial charge is 0.382 e. The molecule has 1 atom stereocenters.